The van der Waals surface area contributed by atoms with Gasteiger partial charge in [0.2, 0.25) is 0 Å². The molecule has 15 heavy (non-hydrogen) atoms. The van der Waals surface area contributed by atoms with E-state index >= 15 is 0 Å². The van der Waals surface area contributed by atoms with Crippen molar-refractivity contribution in [2.24, 2.45) is 0 Å². The molecule has 1 N–H and O–H groups in total. The molecule has 0 fully saturated rings. The Morgan fingerprint density at radius 2 is 1.67 bits per heavy atom. The first-order valence-electron chi connectivity index (χ1n) is 5.24. The average Bonchev–Trinajstić information content (AvgIpc) is 2.27. The van der Waals surface area contributed by atoms with Crippen molar-refractivity contribution < 1.29 is 5.11 Å². The number of allylic oxidation sites excluding steroid dienone is 1. The summed E-state index contributed by atoms with van der Waals surface area (Å²) in [6, 6.07) is 10.0. The fourth-order valence-corrected chi connectivity index (χ4v) is 1.73. The third kappa shape index (κ3) is 3.37. The third-order valence-electron chi connectivity index (χ3n) is 2.52. The molecule has 1 aromatic carbocycles. The lowest BCUT2D eigenvalue weighted by atomic mass is 9.89. The van der Waals surface area contributed by atoms with E-state index in [-0.39, 0.29) is 12.0 Å². The van der Waals surface area contributed by atoms with Crippen molar-refractivity contribution in [2.75, 3.05) is 0 Å². The van der Waals surface area contributed by atoms with Gasteiger partial charge in [0.25, 0.3) is 0 Å². The molecule has 1 rings (SSSR count). The molecule has 2 unspecified atom stereocenters. The van der Waals surface area contributed by atoms with Gasteiger partial charge in [-0.3, -0.25) is 0 Å². The van der Waals surface area contributed by atoms with Gasteiger partial charge >= 0.3 is 0 Å². The van der Waals surface area contributed by atoms with Crippen LogP contribution < -0.4 is 0 Å². The number of hydrogen-bond donors (Lipinski definition) is 1. The average molecular weight is 202 g/mol. The normalized spacial score (nSPS) is 14.2. The van der Waals surface area contributed by atoms with Crippen molar-refractivity contribution in [2.45, 2.75) is 24.9 Å². The summed E-state index contributed by atoms with van der Waals surface area (Å²) in [5.41, 5.74) is 1.16. The maximum absolute atomic E-state index is 9.97. The first-order valence-corrected chi connectivity index (χ1v) is 5.24. The predicted molar refractivity (Wildman–Crippen MR) is 64.8 cm³/mol. The predicted octanol–water partition coefficient (Wildman–Crippen LogP) is 3.28. The van der Waals surface area contributed by atoms with E-state index in [2.05, 4.69) is 13.2 Å². The summed E-state index contributed by atoms with van der Waals surface area (Å²) in [4.78, 5) is 0. The molecule has 0 radical (unpaired) electrons. The summed E-state index contributed by atoms with van der Waals surface area (Å²) in [7, 11) is 0. The maximum atomic E-state index is 9.97. The lowest BCUT2D eigenvalue weighted by molar-refractivity contribution is 0.146. The van der Waals surface area contributed by atoms with Gasteiger partial charge in [-0.05, 0) is 18.4 Å². The van der Waals surface area contributed by atoms with Crippen LogP contribution in [0.25, 0.3) is 0 Å². The fraction of sp³-hybridized carbons (Fsp3) is 0.286. The molecular formula is C14H18O. The Morgan fingerprint density at radius 1 is 1.07 bits per heavy atom. The molecule has 0 aromatic heterocycles. The second-order valence-electron chi connectivity index (χ2n) is 3.63. The van der Waals surface area contributed by atoms with Crippen LogP contribution in [0.5, 0.6) is 0 Å². The van der Waals surface area contributed by atoms with Crippen molar-refractivity contribution in [1.29, 1.82) is 0 Å². The van der Waals surface area contributed by atoms with Crippen molar-refractivity contribution in [3.8, 4) is 0 Å². The van der Waals surface area contributed by atoms with Crippen molar-refractivity contribution in [1.82, 2.24) is 0 Å². The Labute approximate surface area is 91.8 Å². The largest absolute Gasteiger partial charge is 0.392 e. The second-order valence-corrected chi connectivity index (χ2v) is 3.63. The molecule has 0 saturated heterocycles. The van der Waals surface area contributed by atoms with Crippen LogP contribution in [0.15, 0.2) is 55.6 Å². The first kappa shape index (κ1) is 11.7. The molecule has 0 aliphatic carbocycles. The van der Waals surface area contributed by atoms with Crippen LogP contribution in [-0.4, -0.2) is 11.2 Å². The first-order chi connectivity index (χ1) is 7.29. The standard InChI is InChI=1S/C14H18O/c1-3-8-13(14(15)9-4-2)12-10-6-5-7-11-12/h3-7,10-11,13-15H,1-2,8-9H2. The monoisotopic (exact) mass is 202 g/mol. The number of rotatable bonds is 6. The minimum absolute atomic E-state index is 0.127. The molecule has 1 aromatic rings. The maximum Gasteiger partial charge on any atom is 0.0645 e. The zero-order valence-corrected chi connectivity index (χ0v) is 8.97. The summed E-state index contributed by atoms with van der Waals surface area (Å²) in [5.74, 6) is 0.127. The third-order valence-corrected chi connectivity index (χ3v) is 2.52. The summed E-state index contributed by atoms with van der Waals surface area (Å²) < 4.78 is 0. The quantitative estimate of drug-likeness (QED) is 0.702. The number of aliphatic hydroxyl groups excluding tert-OH is 1. The summed E-state index contributed by atoms with van der Waals surface area (Å²) in [5, 5.41) is 9.97. The molecule has 0 aliphatic rings. The Kier molecular flexibility index (Phi) is 4.85. The van der Waals surface area contributed by atoms with Crippen LogP contribution in [-0.2, 0) is 0 Å². The highest BCUT2D eigenvalue weighted by molar-refractivity contribution is 5.21. The van der Waals surface area contributed by atoms with Crippen LogP contribution in [0.4, 0.5) is 0 Å². The van der Waals surface area contributed by atoms with E-state index in [1.807, 2.05) is 36.4 Å². The smallest absolute Gasteiger partial charge is 0.0645 e. The molecule has 2 atom stereocenters. The van der Waals surface area contributed by atoms with E-state index in [0.29, 0.717) is 6.42 Å². The molecule has 0 saturated carbocycles. The van der Waals surface area contributed by atoms with Crippen LogP contribution in [0.1, 0.15) is 24.3 Å². The number of hydrogen-bond acceptors (Lipinski definition) is 1. The van der Waals surface area contributed by atoms with Crippen molar-refractivity contribution in [3.63, 3.8) is 0 Å². The molecular weight excluding hydrogens is 184 g/mol. The second kappa shape index (κ2) is 6.20. The summed E-state index contributed by atoms with van der Waals surface area (Å²) >= 11 is 0. The highest BCUT2D eigenvalue weighted by Gasteiger charge is 2.18. The van der Waals surface area contributed by atoms with Gasteiger partial charge in [0.05, 0.1) is 6.10 Å². The molecule has 0 spiro atoms. The van der Waals surface area contributed by atoms with E-state index < -0.39 is 0 Å². The van der Waals surface area contributed by atoms with Gasteiger partial charge in [-0.15, -0.1) is 13.2 Å². The van der Waals surface area contributed by atoms with Gasteiger partial charge in [-0.1, -0.05) is 42.5 Å². The Bertz CT molecular complexity index is 302. The minimum Gasteiger partial charge on any atom is -0.392 e. The molecule has 1 heteroatoms. The summed E-state index contributed by atoms with van der Waals surface area (Å²) in [6.07, 6.45) is 4.64. The molecule has 0 heterocycles. The molecule has 80 valence electrons. The molecule has 0 bridgehead atoms. The van der Waals surface area contributed by atoms with Crippen molar-refractivity contribution in [3.05, 3.63) is 61.2 Å². The fourth-order valence-electron chi connectivity index (χ4n) is 1.73. The lowest BCUT2D eigenvalue weighted by Gasteiger charge is -2.21. The highest BCUT2D eigenvalue weighted by Crippen LogP contribution is 2.25. The Balaban J connectivity index is 2.82. The topological polar surface area (TPSA) is 20.2 Å². The molecule has 0 aliphatic heterocycles. The van der Waals surface area contributed by atoms with Gasteiger partial charge < -0.3 is 5.11 Å². The SMILES string of the molecule is C=CCC(O)C(CC=C)c1ccccc1. The van der Waals surface area contributed by atoms with Crippen LogP contribution in [0, 0.1) is 0 Å². The number of aliphatic hydroxyl groups is 1. The van der Waals surface area contributed by atoms with E-state index in [0.717, 1.165) is 12.0 Å². The van der Waals surface area contributed by atoms with Crippen molar-refractivity contribution >= 4 is 0 Å². The van der Waals surface area contributed by atoms with Gasteiger partial charge in [0.1, 0.15) is 0 Å². The Morgan fingerprint density at radius 3 is 2.20 bits per heavy atom. The zero-order valence-electron chi connectivity index (χ0n) is 8.97. The van der Waals surface area contributed by atoms with Gasteiger partial charge in [0.15, 0.2) is 0 Å². The van der Waals surface area contributed by atoms with Crippen LogP contribution >= 0.6 is 0 Å². The van der Waals surface area contributed by atoms with Gasteiger partial charge in [-0.25, -0.2) is 0 Å². The van der Waals surface area contributed by atoms with Gasteiger partial charge in [-0.2, -0.15) is 0 Å². The van der Waals surface area contributed by atoms with E-state index in [1.165, 1.54) is 0 Å². The molecule has 0 amide bonds. The highest BCUT2D eigenvalue weighted by atomic mass is 16.3. The van der Waals surface area contributed by atoms with E-state index in [9.17, 15) is 5.11 Å². The lowest BCUT2D eigenvalue weighted by Crippen LogP contribution is -2.17. The van der Waals surface area contributed by atoms with E-state index in [1.54, 1.807) is 6.08 Å². The van der Waals surface area contributed by atoms with Gasteiger partial charge in [0, 0.05) is 5.92 Å². The van der Waals surface area contributed by atoms with Crippen LogP contribution in [0.2, 0.25) is 0 Å². The van der Waals surface area contributed by atoms with E-state index in [4.69, 9.17) is 0 Å². The Hall–Kier alpha value is -1.34. The summed E-state index contributed by atoms with van der Waals surface area (Å²) in [6.45, 7) is 7.38. The van der Waals surface area contributed by atoms with Crippen LogP contribution in [0.3, 0.4) is 0 Å². The minimum atomic E-state index is -0.372. The zero-order chi connectivity index (χ0) is 11.1. The molecule has 1 nitrogen and oxygen atoms in total. The number of benzene rings is 1.